The summed E-state index contributed by atoms with van der Waals surface area (Å²) in [5.74, 6) is -0.150. The highest BCUT2D eigenvalue weighted by Crippen LogP contribution is 2.15. The van der Waals surface area contributed by atoms with Gasteiger partial charge in [0.2, 0.25) is 0 Å². The van der Waals surface area contributed by atoms with E-state index in [2.05, 4.69) is 45.3 Å². The van der Waals surface area contributed by atoms with Gasteiger partial charge >= 0.3 is 0 Å². The van der Waals surface area contributed by atoms with Crippen LogP contribution in [-0.2, 0) is 6.42 Å². The summed E-state index contributed by atoms with van der Waals surface area (Å²) in [4.78, 5) is 16.1. The predicted octanol–water partition coefficient (Wildman–Crippen LogP) is 4.83. The molecule has 0 saturated heterocycles. The second-order valence-corrected chi connectivity index (χ2v) is 5.92. The second-order valence-electron chi connectivity index (χ2n) is 5.00. The number of unbranched alkanes of at least 4 members (excludes halogenated alkanes) is 2. The van der Waals surface area contributed by atoms with E-state index >= 15 is 0 Å². The van der Waals surface area contributed by atoms with Gasteiger partial charge in [-0.25, -0.2) is 0 Å². The lowest BCUT2D eigenvalue weighted by Gasteiger charge is -2.07. The van der Waals surface area contributed by atoms with Crippen LogP contribution in [0.5, 0.6) is 0 Å². The number of hydrogen-bond donors (Lipinski definition) is 1. The Labute approximate surface area is 133 Å². The molecule has 2 aromatic rings. The van der Waals surface area contributed by atoms with Crippen LogP contribution in [0.15, 0.2) is 47.2 Å². The van der Waals surface area contributed by atoms with Crippen LogP contribution in [0.1, 0.15) is 42.1 Å². The van der Waals surface area contributed by atoms with Crippen molar-refractivity contribution < 1.29 is 4.79 Å². The number of nitrogens with one attached hydrogen (secondary N) is 1. The zero-order chi connectivity index (χ0) is 15.1. The molecule has 2 rings (SSSR count). The van der Waals surface area contributed by atoms with Crippen LogP contribution in [-0.4, -0.2) is 10.9 Å². The minimum Gasteiger partial charge on any atom is -0.322 e. The summed E-state index contributed by atoms with van der Waals surface area (Å²) in [6, 6.07) is 9.80. The highest BCUT2D eigenvalue weighted by atomic mass is 79.9. The summed E-state index contributed by atoms with van der Waals surface area (Å²) < 4.78 is 0.793. The highest BCUT2D eigenvalue weighted by molar-refractivity contribution is 9.10. The lowest BCUT2D eigenvalue weighted by molar-refractivity contribution is 0.102. The van der Waals surface area contributed by atoms with Crippen molar-refractivity contribution in [3.05, 3.63) is 58.3 Å². The number of aryl methyl sites for hydroxylation is 1. The zero-order valence-corrected chi connectivity index (χ0v) is 13.7. The molecule has 1 N–H and O–H groups in total. The zero-order valence-electron chi connectivity index (χ0n) is 12.1. The van der Waals surface area contributed by atoms with Crippen molar-refractivity contribution in [2.45, 2.75) is 32.6 Å². The number of carbonyl (C=O) groups excluding carboxylic acids is 1. The summed E-state index contributed by atoms with van der Waals surface area (Å²) in [5.41, 5.74) is 2.65. The van der Waals surface area contributed by atoms with Crippen LogP contribution in [0.4, 0.5) is 5.69 Å². The summed E-state index contributed by atoms with van der Waals surface area (Å²) >= 11 is 3.31. The molecule has 0 aliphatic carbocycles. The molecule has 0 radical (unpaired) electrons. The van der Waals surface area contributed by atoms with E-state index in [-0.39, 0.29) is 5.91 Å². The number of halogens is 1. The average molecular weight is 347 g/mol. The van der Waals surface area contributed by atoms with E-state index in [0.717, 1.165) is 16.6 Å². The summed E-state index contributed by atoms with van der Waals surface area (Å²) in [7, 11) is 0. The topological polar surface area (TPSA) is 42.0 Å². The Hall–Kier alpha value is -1.68. The lowest BCUT2D eigenvalue weighted by atomic mass is 10.1. The minimum absolute atomic E-state index is 0.150. The Morgan fingerprint density at radius 3 is 2.62 bits per heavy atom. The Kier molecular flexibility index (Phi) is 5.93. The first-order chi connectivity index (χ1) is 10.2. The van der Waals surface area contributed by atoms with Crippen LogP contribution in [0.3, 0.4) is 0 Å². The molecule has 1 heterocycles. The molecule has 0 bridgehead atoms. The second kappa shape index (κ2) is 7.93. The van der Waals surface area contributed by atoms with Gasteiger partial charge in [0.15, 0.2) is 0 Å². The quantitative estimate of drug-likeness (QED) is 0.761. The molecule has 1 aromatic heterocycles. The van der Waals surface area contributed by atoms with Crippen molar-refractivity contribution in [3.8, 4) is 0 Å². The number of nitrogens with zero attached hydrogens (tertiary/aromatic N) is 1. The maximum atomic E-state index is 12.1. The average Bonchev–Trinajstić information content (AvgIpc) is 2.49. The number of carbonyl (C=O) groups is 1. The number of hydrogen-bond acceptors (Lipinski definition) is 2. The van der Waals surface area contributed by atoms with Crippen molar-refractivity contribution in [2.75, 3.05) is 5.32 Å². The van der Waals surface area contributed by atoms with Gasteiger partial charge in [0.05, 0.1) is 5.56 Å². The third kappa shape index (κ3) is 4.97. The van der Waals surface area contributed by atoms with E-state index in [0.29, 0.717) is 5.56 Å². The van der Waals surface area contributed by atoms with Crippen LogP contribution in [0.2, 0.25) is 0 Å². The molecule has 4 heteroatoms. The molecule has 1 amide bonds. The van der Waals surface area contributed by atoms with Crippen molar-refractivity contribution in [3.63, 3.8) is 0 Å². The van der Waals surface area contributed by atoms with Gasteiger partial charge in [-0.15, -0.1) is 0 Å². The predicted molar refractivity (Wildman–Crippen MR) is 89.6 cm³/mol. The smallest absolute Gasteiger partial charge is 0.257 e. The van der Waals surface area contributed by atoms with Crippen molar-refractivity contribution in [2.24, 2.45) is 0 Å². The van der Waals surface area contributed by atoms with Crippen LogP contribution in [0.25, 0.3) is 0 Å². The fraction of sp³-hybridized carbons (Fsp3) is 0.294. The summed E-state index contributed by atoms with van der Waals surface area (Å²) in [5, 5.41) is 2.88. The first kappa shape index (κ1) is 15.7. The minimum atomic E-state index is -0.150. The van der Waals surface area contributed by atoms with Crippen molar-refractivity contribution >= 4 is 27.5 Å². The Bertz CT molecular complexity index is 596. The van der Waals surface area contributed by atoms with E-state index in [1.807, 2.05) is 12.1 Å². The number of pyridine rings is 1. The third-order valence-electron chi connectivity index (χ3n) is 3.25. The largest absolute Gasteiger partial charge is 0.322 e. The van der Waals surface area contributed by atoms with Gasteiger partial charge in [0.1, 0.15) is 0 Å². The Balaban J connectivity index is 1.95. The first-order valence-corrected chi connectivity index (χ1v) is 7.99. The normalized spacial score (nSPS) is 10.4. The fourth-order valence-corrected chi connectivity index (χ4v) is 2.44. The molecule has 21 heavy (non-hydrogen) atoms. The molecule has 110 valence electrons. The molecule has 3 nitrogen and oxygen atoms in total. The van der Waals surface area contributed by atoms with E-state index in [4.69, 9.17) is 0 Å². The molecular weight excluding hydrogens is 328 g/mol. The molecule has 0 aliphatic heterocycles. The number of benzene rings is 1. The maximum Gasteiger partial charge on any atom is 0.257 e. The van der Waals surface area contributed by atoms with E-state index in [9.17, 15) is 4.79 Å². The van der Waals surface area contributed by atoms with Gasteiger partial charge in [-0.1, -0.05) is 31.9 Å². The number of anilines is 1. The van der Waals surface area contributed by atoms with Gasteiger partial charge in [0.25, 0.3) is 5.91 Å². The third-order valence-corrected chi connectivity index (χ3v) is 3.68. The lowest BCUT2D eigenvalue weighted by Crippen LogP contribution is -2.12. The standard InChI is InChI=1S/C17H19BrN2O/c1-2-3-4-5-13-6-8-16(9-7-13)20-17(21)14-10-15(18)12-19-11-14/h6-12H,2-5H2,1H3,(H,20,21). The Morgan fingerprint density at radius 1 is 1.19 bits per heavy atom. The van der Waals surface area contributed by atoms with Crippen molar-refractivity contribution in [1.29, 1.82) is 0 Å². The maximum absolute atomic E-state index is 12.1. The SMILES string of the molecule is CCCCCc1ccc(NC(=O)c2cncc(Br)c2)cc1. The molecule has 0 aliphatic rings. The van der Waals surface area contributed by atoms with Crippen molar-refractivity contribution in [1.82, 2.24) is 4.98 Å². The monoisotopic (exact) mass is 346 g/mol. The fourth-order valence-electron chi connectivity index (χ4n) is 2.07. The molecule has 0 unspecified atom stereocenters. The highest BCUT2D eigenvalue weighted by Gasteiger charge is 2.07. The van der Waals surface area contributed by atoms with Gasteiger partial charge in [-0.05, 0) is 52.5 Å². The number of aromatic nitrogens is 1. The molecule has 0 atom stereocenters. The van der Waals surface area contributed by atoms with Crippen LogP contribution >= 0.6 is 15.9 Å². The van der Waals surface area contributed by atoms with E-state index in [1.54, 1.807) is 18.5 Å². The van der Waals surface area contributed by atoms with Gasteiger partial charge in [-0.3, -0.25) is 9.78 Å². The number of rotatable bonds is 6. The van der Waals surface area contributed by atoms with E-state index in [1.165, 1.54) is 24.8 Å². The van der Waals surface area contributed by atoms with Gasteiger partial charge in [0, 0.05) is 22.6 Å². The van der Waals surface area contributed by atoms with Crippen LogP contribution in [0, 0.1) is 0 Å². The molecule has 0 saturated carbocycles. The Morgan fingerprint density at radius 2 is 1.95 bits per heavy atom. The van der Waals surface area contributed by atoms with Gasteiger partial charge < -0.3 is 5.32 Å². The van der Waals surface area contributed by atoms with Crippen LogP contribution < -0.4 is 5.32 Å². The molecule has 1 aromatic carbocycles. The van der Waals surface area contributed by atoms with E-state index < -0.39 is 0 Å². The molecule has 0 fully saturated rings. The summed E-state index contributed by atoms with van der Waals surface area (Å²) in [6.07, 6.45) is 8.01. The van der Waals surface area contributed by atoms with Gasteiger partial charge in [-0.2, -0.15) is 0 Å². The number of amides is 1. The molecule has 0 spiro atoms. The molecular formula is C17H19BrN2O. The first-order valence-electron chi connectivity index (χ1n) is 7.20. The summed E-state index contributed by atoms with van der Waals surface area (Å²) in [6.45, 7) is 2.20.